The summed E-state index contributed by atoms with van der Waals surface area (Å²) in [6, 6.07) is 0. The van der Waals surface area contributed by atoms with Gasteiger partial charge in [0.25, 0.3) is 0 Å². The van der Waals surface area contributed by atoms with Gasteiger partial charge in [-0.15, -0.1) is 11.3 Å². The van der Waals surface area contributed by atoms with Crippen LogP contribution in [0.15, 0.2) is 6.20 Å². The first kappa shape index (κ1) is 11.5. The SMILES string of the molecule is CCOC(=O)c1ncc(C2OCCCO2)s1. The quantitative estimate of drug-likeness (QED) is 0.757. The Labute approximate surface area is 97.3 Å². The molecule has 2 heterocycles. The van der Waals surface area contributed by atoms with Crippen LogP contribution in [0.5, 0.6) is 0 Å². The van der Waals surface area contributed by atoms with Crippen LogP contribution in [-0.2, 0) is 14.2 Å². The second-order valence-electron chi connectivity index (χ2n) is 3.22. The van der Waals surface area contributed by atoms with E-state index in [1.807, 2.05) is 0 Å². The van der Waals surface area contributed by atoms with Crippen molar-refractivity contribution < 1.29 is 19.0 Å². The maximum atomic E-state index is 11.4. The monoisotopic (exact) mass is 243 g/mol. The Bertz CT molecular complexity index is 359. The smallest absolute Gasteiger partial charge is 0.367 e. The number of ether oxygens (including phenoxy) is 3. The van der Waals surface area contributed by atoms with Gasteiger partial charge < -0.3 is 14.2 Å². The summed E-state index contributed by atoms with van der Waals surface area (Å²) in [7, 11) is 0. The van der Waals surface area contributed by atoms with E-state index in [-0.39, 0.29) is 6.29 Å². The Morgan fingerprint density at radius 1 is 1.62 bits per heavy atom. The molecular weight excluding hydrogens is 230 g/mol. The lowest BCUT2D eigenvalue weighted by molar-refractivity contribution is -0.181. The van der Waals surface area contributed by atoms with E-state index < -0.39 is 5.97 Å². The fraction of sp³-hybridized carbons (Fsp3) is 0.600. The van der Waals surface area contributed by atoms with Gasteiger partial charge in [-0.1, -0.05) is 0 Å². The molecule has 0 saturated carbocycles. The lowest BCUT2D eigenvalue weighted by Gasteiger charge is -2.21. The highest BCUT2D eigenvalue weighted by Crippen LogP contribution is 2.27. The molecule has 0 aliphatic carbocycles. The summed E-state index contributed by atoms with van der Waals surface area (Å²) in [6.07, 6.45) is 2.13. The molecule has 0 spiro atoms. The first-order valence-electron chi connectivity index (χ1n) is 5.17. The maximum Gasteiger partial charge on any atom is 0.367 e. The van der Waals surface area contributed by atoms with E-state index in [4.69, 9.17) is 14.2 Å². The van der Waals surface area contributed by atoms with Crippen molar-refractivity contribution in [1.82, 2.24) is 4.98 Å². The number of esters is 1. The highest BCUT2D eigenvalue weighted by atomic mass is 32.1. The molecule has 1 fully saturated rings. The number of carbonyl (C=O) groups is 1. The highest BCUT2D eigenvalue weighted by molar-refractivity contribution is 7.13. The van der Waals surface area contributed by atoms with Gasteiger partial charge >= 0.3 is 5.97 Å². The molecule has 0 unspecified atom stereocenters. The van der Waals surface area contributed by atoms with Crippen LogP contribution in [0.25, 0.3) is 0 Å². The fourth-order valence-electron chi connectivity index (χ4n) is 1.33. The summed E-state index contributed by atoms with van der Waals surface area (Å²) in [5.74, 6) is -0.394. The van der Waals surface area contributed by atoms with E-state index in [9.17, 15) is 4.79 Å². The Morgan fingerprint density at radius 3 is 3.06 bits per heavy atom. The molecule has 6 heteroatoms. The second kappa shape index (κ2) is 5.38. The van der Waals surface area contributed by atoms with Gasteiger partial charge in [0.1, 0.15) is 0 Å². The third-order valence-corrected chi connectivity index (χ3v) is 3.03. The summed E-state index contributed by atoms with van der Waals surface area (Å²) in [4.78, 5) is 16.2. The molecule has 0 radical (unpaired) electrons. The molecule has 1 saturated heterocycles. The lowest BCUT2D eigenvalue weighted by atomic mass is 10.4. The predicted molar refractivity (Wildman–Crippen MR) is 57.3 cm³/mol. The van der Waals surface area contributed by atoms with Gasteiger partial charge in [0.15, 0.2) is 6.29 Å². The molecule has 1 aromatic heterocycles. The van der Waals surface area contributed by atoms with Crippen molar-refractivity contribution in [3.63, 3.8) is 0 Å². The van der Waals surface area contributed by atoms with E-state index >= 15 is 0 Å². The molecule has 0 N–H and O–H groups in total. The standard InChI is InChI=1S/C10H13NO4S/c1-2-13-9(12)8-11-6-7(16-8)10-14-4-3-5-15-10/h6,10H,2-5H2,1H3. The van der Waals surface area contributed by atoms with Crippen molar-refractivity contribution in [2.24, 2.45) is 0 Å². The molecule has 0 bridgehead atoms. The number of carbonyl (C=O) groups excluding carboxylic acids is 1. The Balaban J connectivity index is 2.03. The van der Waals surface area contributed by atoms with Crippen LogP contribution in [0, 0.1) is 0 Å². The minimum absolute atomic E-state index is 0.342. The molecule has 16 heavy (non-hydrogen) atoms. The number of hydrogen-bond acceptors (Lipinski definition) is 6. The van der Waals surface area contributed by atoms with Crippen LogP contribution < -0.4 is 0 Å². The Kier molecular flexibility index (Phi) is 3.87. The first-order valence-corrected chi connectivity index (χ1v) is 5.99. The van der Waals surface area contributed by atoms with E-state index in [2.05, 4.69) is 4.98 Å². The van der Waals surface area contributed by atoms with Crippen molar-refractivity contribution in [3.8, 4) is 0 Å². The normalized spacial score (nSPS) is 17.3. The van der Waals surface area contributed by atoms with Gasteiger partial charge in [0.2, 0.25) is 5.01 Å². The summed E-state index contributed by atoms with van der Waals surface area (Å²) in [6.45, 7) is 3.47. The molecule has 1 aliphatic rings. The average molecular weight is 243 g/mol. The number of aromatic nitrogens is 1. The third kappa shape index (κ3) is 2.58. The van der Waals surface area contributed by atoms with E-state index in [0.717, 1.165) is 11.3 Å². The first-order chi connectivity index (χ1) is 7.81. The van der Waals surface area contributed by atoms with Crippen molar-refractivity contribution in [3.05, 3.63) is 16.1 Å². The van der Waals surface area contributed by atoms with Crippen LogP contribution in [-0.4, -0.2) is 30.8 Å². The topological polar surface area (TPSA) is 57.7 Å². The molecule has 0 amide bonds. The summed E-state index contributed by atoms with van der Waals surface area (Å²) in [5, 5.41) is 0.342. The highest BCUT2D eigenvalue weighted by Gasteiger charge is 2.21. The largest absolute Gasteiger partial charge is 0.461 e. The van der Waals surface area contributed by atoms with Crippen LogP contribution in [0.4, 0.5) is 0 Å². The molecule has 88 valence electrons. The van der Waals surface area contributed by atoms with Gasteiger partial charge in [-0.2, -0.15) is 0 Å². The summed E-state index contributed by atoms with van der Waals surface area (Å²) < 4.78 is 15.7. The van der Waals surface area contributed by atoms with Gasteiger partial charge in [-0.05, 0) is 13.3 Å². The van der Waals surface area contributed by atoms with Gasteiger partial charge in [-0.25, -0.2) is 9.78 Å². The Morgan fingerprint density at radius 2 is 2.38 bits per heavy atom. The number of thiazole rings is 1. The molecule has 0 atom stereocenters. The minimum atomic E-state index is -0.394. The molecule has 0 aromatic carbocycles. The molecular formula is C10H13NO4S. The lowest BCUT2D eigenvalue weighted by Crippen LogP contribution is -2.16. The van der Waals surface area contributed by atoms with E-state index in [1.54, 1.807) is 13.1 Å². The van der Waals surface area contributed by atoms with Crippen LogP contribution in [0.2, 0.25) is 0 Å². The Hall–Kier alpha value is -0.980. The van der Waals surface area contributed by atoms with Crippen LogP contribution in [0.3, 0.4) is 0 Å². The summed E-state index contributed by atoms with van der Waals surface area (Å²) >= 11 is 1.25. The predicted octanol–water partition coefficient (Wildman–Crippen LogP) is 1.76. The van der Waals surface area contributed by atoms with Crippen molar-refractivity contribution in [1.29, 1.82) is 0 Å². The van der Waals surface area contributed by atoms with Crippen molar-refractivity contribution in [2.45, 2.75) is 19.6 Å². The second-order valence-corrected chi connectivity index (χ2v) is 4.28. The average Bonchev–Trinajstić information content (AvgIpc) is 2.80. The zero-order valence-electron chi connectivity index (χ0n) is 8.97. The fourth-order valence-corrected chi connectivity index (χ4v) is 2.14. The van der Waals surface area contributed by atoms with Gasteiger partial charge in [0.05, 0.1) is 24.7 Å². The van der Waals surface area contributed by atoms with Gasteiger partial charge in [0, 0.05) is 6.20 Å². The van der Waals surface area contributed by atoms with E-state index in [0.29, 0.717) is 24.8 Å². The van der Waals surface area contributed by atoms with E-state index in [1.165, 1.54) is 11.3 Å². The maximum absolute atomic E-state index is 11.4. The zero-order chi connectivity index (χ0) is 11.4. The zero-order valence-corrected chi connectivity index (χ0v) is 9.79. The van der Waals surface area contributed by atoms with Crippen LogP contribution >= 0.6 is 11.3 Å². The molecule has 1 aromatic rings. The van der Waals surface area contributed by atoms with Crippen LogP contribution in [0.1, 0.15) is 34.3 Å². The number of rotatable bonds is 3. The summed E-state index contributed by atoms with van der Waals surface area (Å²) in [5.41, 5.74) is 0. The molecule has 5 nitrogen and oxygen atoms in total. The molecule has 2 rings (SSSR count). The molecule has 1 aliphatic heterocycles. The van der Waals surface area contributed by atoms with Crippen molar-refractivity contribution in [2.75, 3.05) is 19.8 Å². The number of hydrogen-bond donors (Lipinski definition) is 0. The minimum Gasteiger partial charge on any atom is -0.461 e. The van der Waals surface area contributed by atoms with Crippen molar-refractivity contribution >= 4 is 17.3 Å². The third-order valence-electron chi connectivity index (χ3n) is 2.03. The van der Waals surface area contributed by atoms with Gasteiger partial charge in [-0.3, -0.25) is 0 Å². The number of nitrogens with zero attached hydrogens (tertiary/aromatic N) is 1.